The molecule has 1 aromatic heterocycles. The van der Waals surface area contributed by atoms with Gasteiger partial charge in [-0.15, -0.1) is 0 Å². The highest BCUT2D eigenvalue weighted by atomic mass is 16.2. The van der Waals surface area contributed by atoms with Crippen LogP contribution in [0.3, 0.4) is 0 Å². The van der Waals surface area contributed by atoms with Gasteiger partial charge in [-0.1, -0.05) is 44.2 Å². The number of para-hydroxylation sites is 3. The first-order valence-corrected chi connectivity index (χ1v) is 12.2. The highest BCUT2D eigenvalue weighted by molar-refractivity contribution is 5.94. The fraction of sp³-hybridized carbons (Fsp3) is 0.444. The van der Waals surface area contributed by atoms with E-state index in [1.807, 2.05) is 63.8 Å². The van der Waals surface area contributed by atoms with Crippen LogP contribution in [0.5, 0.6) is 0 Å². The maximum atomic E-state index is 13.4. The largest absolute Gasteiger partial charge is 0.340 e. The Morgan fingerprint density at radius 1 is 1.00 bits per heavy atom. The SMILES string of the molecule is Cc1nc2ccccc2n1CC(=O)N1CCCN(C(=O)CC(C)C)c2ccccc2CNCC1. The number of hydrogen-bond acceptors (Lipinski definition) is 4. The Hall–Kier alpha value is -3.19. The molecule has 0 saturated carbocycles. The van der Waals surface area contributed by atoms with E-state index in [1.54, 1.807) is 0 Å². The number of nitrogens with zero attached hydrogens (tertiary/aromatic N) is 4. The van der Waals surface area contributed by atoms with Gasteiger partial charge in [0, 0.05) is 44.8 Å². The van der Waals surface area contributed by atoms with E-state index < -0.39 is 0 Å². The lowest BCUT2D eigenvalue weighted by Crippen LogP contribution is -2.40. The van der Waals surface area contributed by atoms with Gasteiger partial charge < -0.3 is 19.7 Å². The van der Waals surface area contributed by atoms with E-state index >= 15 is 0 Å². The van der Waals surface area contributed by atoms with Crippen LogP contribution in [0.15, 0.2) is 48.5 Å². The van der Waals surface area contributed by atoms with Gasteiger partial charge in [0.1, 0.15) is 12.4 Å². The summed E-state index contributed by atoms with van der Waals surface area (Å²) in [5.74, 6) is 1.35. The van der Waals surface area contributed by atoms with Gasteiger partial charge in [-0.3, -0.25) is 9.59 Å². The standard InChI is InChI=1S/C27H35N5O2/c1-20(2)17-26(33)31-15-8-14-30(16-13-28-18-22-9-4-6-11-24(22)31)27(34)19-32-21(3)29-23-10-5-7-12-25(23)32/h4-7,9-12,20,28H,8,13-19H2,1-3H3. The molecule has 0 atom stereocenters. The fourth-order valence-electron chi connectivity index (χ4n) is 4.61. The lowest BCUT2D eigenvalue weighted by molar-refractivity contribution is -0.131. The van der Waals surface area contributed by atoms with Crippen LogP contribution in [-0.2, 0) is 22.7 Å². The Labute approximate surface area is 201 Å². The summed E-state index contributed by atoms with van der Waals surface area (Å²) in [4.78, 5) is 34.9. The Bertz CT molecular complexity index is 1150. The summed E-state index contributed by atoms with van der Waals surface area (Å²) in [6.07, 6.45) is 1.24. The van der Waals surface area contributed by atoms with Crippen LogP contribution in [0.25, 0.3) is 11.0 Å². The smallest absolute Gasteiger partial charge is 0.242 e. The molecule has 3 aromatic rings. The normalized spacial score (nSPS) is 15.3. The minimum absolute atomic E-state index is 0.0740. The molecule has 2 heterocycles. The molecule has 7 nitrogen and oxygen atoms in total. The summed E-state index contributed by atoms with van der Waals surface area (Å²) in [6.45, 7) is 9.55. The van der Waals surface area contributed by atoms with Gasteiger partial charge in [-0.2, -0.15) is 0 Å². The third-order valence-corrected chi connectivity index (χ3v) is 6.34. The van der Waals surface area contributed by atoms with Gasteiger partial charge in [0.05, 0.1) is 11.0 Å². The van der Waals surface area contributed by atoms with Crippen molar-refractivity contribution in [1.29, 1.82) is 0 Å². The van der Waals surface area contributed by atoms with Gasteiger partial charge in [0.25, 0.3) is 0 Å². The molecule has 0 fully saturated rings. The number of aryl methyl sites for hydroxylation is 1. The number of hydrogen-bond donors (Lipinski definition) is 1. The lowest BCUT2D eigenvalue weighted by atomic mass is 10.1. The molecule has 2 aromatic carbocycles. The molecule has 0 spiro atoms. The molecule has 2 amide bonds. The van der Waals surface area contributed by atoms with Gasteiger partial charge in [0.2, 0.25) is 11.8 Å². The van der Waals surface area contributed by atoms with E-state index in [0.29, 0.717) is 45.1 Å². The summed E-state index contributed by atoms with van der Waals surface area (Å²) in [7, 11) is 0. The Kier molecular flexibility index (Phi) is 7.63. The first kappa shape index (κ1) is 24.0. The van der Waals surface area contributed by atoms with Crippen molar-refractivity contribution in [2.75, 3.05) is 31.1 Å². The molecule has 34 heavy (non-hydrogen) atoms. The molecule has 7 heteroatoms. The fourth-order valence-corrected chi connectivity index (χ4v) is 4.61. The van der Waals surface area contributed by atoms with E-state index in [4.69, 9.17) is 0 Å². The van der Waals surface area contributed by atoms with E-state index in [-0.39, 0.29) is 18.4 Å². The molecule has 1 aliphatic rings. The van der Waals surface area contributed by atoms with Crippen LogP contribution in [0, 0.1) is 12.8 Å². The minimum atomic E-state index is 0.0740. The van der Waals surface area contributed by atoms with Crippen molar-refractivity contribution in [1.82, 2.24) is 19.8 Å². The van der Waals surface area contributed by atoms with Crippen LogP contribution >= 0.6 is 0 Å². The molecule has 0 saturated heterocycles. The molecule has 1 N–H and O–H groups in total. The topological polar surface area (TPSA) is 70.5 Å². The molecule has 1 aliphatic heterocycles. The monoisotopic (exact) mass is 461 g/mol. The van der Waals surface area contributed by atoms with Gasteiger partial charge in [0.15, 0.2) is 0 Å². The number of anilines is 1. The summed E-state index contributed by atoms with van der Waals surface area (Å²) in [5, 5.41) is 3.47. The van der Waals surface area contributed by atoms with Crippen molar-refractivity contribution in [2.45, 2.75) is 46.7 Å². The molecule has 180 valence electrons. The van der Waals surface area contributed by atoms with Crippen molar-refractivity contribution in [3.8, 4) is 0 Å². The number of amides is 2. The number of rotatable bonds is 4. The van der Waals surface area contributed by atoms with Crippen LogP contribution in [0.4, 0.5) is 5.69 Å². The average Bonchev–Trinajstić information content (AvgIpc) is 3.10. The van der Waals surface area contributed by atoms with E-state index in [2.05, 4.69) is 30.2 Å². The van der Waals surface area contributed by atoms with Crippen LogP contribution in [-0.4, -0.2) is 52.4 Å². The summed E-state index contributed by atoms with van der Waals surface area (Å²) < 4.78 is 1.99. The highest BCUT2D eigenvalue weighted by Crippen LogP contribution is 2.23. The third-order valence-electron chi connectivity index (χ3n) is 6.34. The molecular weight excluding hydrogens is 426 g/mol. The predicted molar refractivity (Wildman–Crippen MR) is 136 cm³/mol. The predicted octanol–water partition coefficient (Wildman–Crippen LogP) is 3.75. The number of fused-ring (bicyclic) bond motifs is 2. The number of benzene rings is 2. The molecule has 0 unspecified atom stereocenters. The van der Waals surface area contributed by atoms with Crippen molar-refractivity contribution in [3.63, 3.8) is 0 Å². The zero-order valence-electron chi connectivity index (χ0n) is 20.5. The summed E-state index contributed by atoms with van der Waals surface area (Å²) in [5.41, 5.74) is 3.97. The number of carbonyl (C=O) groups excluding carboxylic acids is 2. The first-order valence-electron chi connectivity index (χ1n) is 12.2. The number of imidazole rings is 1. The van der Waals surface area contributed by atoms with Crippen molar-refractivity contribution < 1.29 is 9.59 Å². The molecule has 0 radical (unpaired) electrons. The first-order chi connectivity index (χ1) is 16.4. The van der Waals surface area contributed by atoms with E-state index in [0.717, 1.165) is 34.5 Å². The molecule has 0 aliphatic carbocycles. The van der Waals surface area contributed by atoms with Gasteiger partial charge >= 0.3 is 0 Å². The number of nitrogens with one attached hydrogen (secondary N) is 1. The van der Waals surface area contributed by atoms with Gasteiger partial charge in [-0.05, 0) is 43.0 Å². The maximum absolute atomic E-state index is 13.4. The third kappa shape index (κ3) is 5.47. The van der Waals surface area contributed by atoms with Crippen LogP contribution in [0.2, 0.25) is 0 Å². The Balaban J connectivity index is 1.51. The number of aromatic nitrogens is 2. The minimum Gasteiger partial charge on any atom is -0.340 e. The Morgan fingerprint density at radius 3 is 2.59 bits per heavy atom. The molecule has 4 rings (SSSR count). The second-order valence-corrected chi connectivity index (χ2v) is 9.42. The second kappa shape index (κ2) is 10.8. The zero-order valence-corrected chi connectivity index (χ0v) is 20.5. The average molecular weight is 462 g/mol. The summed E-state index contributed by atoms with van der Waals surface area (Å²) in [6, 6.07) is 16.0. The zero-order chi connectivity index (χ0) is 24.1. The summed E-state index contributed by atoms with van der Waals surface area (Å²) >= 11 is 0. The number of carbonyl (C=O) groups is 2. The maximum Gasteiger partial charge on any atom is 0.242 e. The van der Waals surface area contributed by atoms with Crippen molar-refractivity contribution in [2.24, 2.45) is 5.92 Å². The van der Waals surface area contributed by atoms with Gasteiger partial charge in [-0.25, -0.2) is 4.98 Å². The van der Waals surface area contributed by atoms with Crippen molar-refractivity contribution in [3.05, 3.63) is 59.9 Å². The second-order valence-electron chi connectivity index (χ2n) is 9.42. The van der Waals surface area contributed by atoms with Crippen molar-refractivity contribution >= 4 is 28.5 Å². The molecule has 0 bridgehead atoms. The highest BCUT2D eigenvalue weighted by Gasteiger charge is 2.22. The van der Waals surface area contributed by atoms with Crippen LogP contribution in [0.1, 0.15) is 38.1 Å². The van der Waals surface area contributed by atoms with E-state index in [1.165, 1.54) is 0 Å². The quantitative estimate of drug-likeness (QED) is 0.643. The Morgan fingerprint density at radius 2 is 1.76 bits per heavy atom. The molecular formula is C27H35N5O2. The van der Waals surface area contributed by atoms with E-state index in [9.17, 15) is 9.59 Å². The van der Waals surface area contributed by atoms with Crippen LogP contribution < -0.4 is 10.2 Å². The lowest BCUT2D eigenvalue weighted by Gasteiger charge is -2.27.